The summed E-state index contributed by atoms with van der Waals surface area (Å²) < 4.78 is -2.14. The highest BCUT2D eigenvalue weighted by molar-refractivity contribution is 6.76. The summed E-state index contributed by atoms with van der Waals surface area (Å²) in [6.45, 7) is -0.573. The van der Waals surface area contributed by atoms with Crippen molar-refractivity contribution in [2.75, 3.05) is 13.6 Å². The van der Waals surface area contributed by atoms with Crippen LogP contribution < -0.4 is 10.9 Å². The molecule has 1 amide bonds. The van der Waals surface area contributed by atoms with Crippen LogP contribution in [0.4, 0.5) is 0 Å². The van der Waals surface area contributed by atoms with Crippen LogP contribution >= 0.6 is 34.8 Å². The fourth-order valence-electron chi connectivity index (χ4n) is 0.488. The zero-order valence-electron chi connectivity index (χ0n) is 7.46. The largest absolute Gasteiger partial charge is 0.290 e. The maximum atomic E-state index is 11.0. The van der Waals surface area contributed by atoms with Crippen LogP contribution in [0, 0.1) is 10.1 Å². The number of amidine groups is 1. The van der Waals surface area contributed by atoms with Gasteiger partial charge in [0, 0.05) is 12.0 Å². The molecule has 0 saturated heterocycles. The molecular formula is C5H7Cl3N4O3. The standard InChI is InChI=1S/C5H7Cl3N4O3/c1-9-3(2-12(14)15)10-11-4(13)5(6,7)8/h2H2,1H3,(H,9,10)(H,11,13). The van der Waals surface area contributed by atoms with Crippen LogP contribution in [0.15, 0.2) is 4.99 Å². The van der Waals surface area contributed by atoms with Crippen LogP contribution in [0.1, 0.15) is 0 Å². The first-order valence-corrected chi connectivity index (χ1v) is 4.61. The molecule has 0 unspecified atom stereocenters. The molecule has 7 nitrogen and oxygen atoms in total. The minimum absolute atomic E-state index is 0.0670. The summed E-state index contributed by atoms with van der Waals surface area (Å²) in [5, 5.41) is 10.1. The number of amides is 1. The first-order valence-electron chi connectivity index (χ1n) is 3.48. The van der Waals surface area contributed by atoms with Gasteiger partial charge in [0.1, 0.15) is 0 Å². The third-order valence-electron chi connectivity index (χ3n) is 1.13. The fourth-order valence-corrected chi connectivity index (χ4v) is 0.630. The van der Waals surface area contributed by atoms with Gasteiger partial charge in [-0.15, -0.1) is 0 Å². The lowest BCUT2D eigenvalue weighted by atomic mass is 10.6. The highest BCUT2D eigenvalue weighted by Gasteiger charge is 2.30. The molecular weight excluding hydrogens is 270 g/mol. The maximum Gasteiger partial charge on any atom is 0.290 e. The van der Waals surface area contributed by atoms with E-state index in [4.69, 9.17) is 34.8 Å². The third-order valence-corrected chi connectivity index (χ3v) is 1.64. The van der Waals surface area contributed by atoms with Gasteiger partial charge in [0.15, 0.2) is 5.84 Å². The predicted octanol–water partition coefficient (Wildman–Crippen LogP) is 0.282. The zero-order chi connectivity index (χ0) is 12.1. The lowest BCUT2D eigenvalue weighted by Gasteiger charge is -2.12. The molecule has 0 aliphatic heterocycles. The second-order valence-electron chi connectivity index (χ2n) is 2.24. The van der Waals surface area contributed by atoms with Crippen molar-refractivity contribution in [2.24, 2.45) is 4.99 Å². The van der Waals surface area contributed by atoms with Gasteiger partial charge in [0.05, 0.1) is 0 Å². The Morgan fingerprint density at radius 2 is 2.00 bits per heavy atom. The molecule has 15 heavy (non-hydrogen) atoms. The van der Waals surface area contributed by atoms with Gasteiger partial charge in [-0.3, -0.25) is 30.8 Å². The van der Waals surface area contributed by atoms with E-state index in [1.165, 1.54) is 7.05 Å². The number of nitrogens with one attached hydrogen (secondary N) is 2. The van der Waals surface area contributed by atoms with E-state index in [0.717, 1.165) is 0 Å². The molecule has 0 fully saturated rings. The molecule has 0 aromatic carbocycles. The van der Waals surface area contributed by atoms with E-state index < -0.39 is 21.2 Å². The fraction of sp³-hybridized carbons (Fsp3) is 0.600. The Morgan fingerprint density at radius 1 is 1.47 bits per heavy atom. The number of rotatable bonds is 2. The van der Waals surface area contributed by atoms with Gasteiger partial charge in [-0.05, 0) is 0 Å². The van der Waals surface area contributed by atoms with Crippen molar-refractivity contribution in [3.8, 4) is 0 Å². The monoisotopic (exact) mass is 276 g/mol. The maximum absolute atomic E-state index is 11.0. The molecule has 0 atom stereocenters. The van der Waals surface area contributed by atoms with Crippen LogP contribution in [0.25, 0.3) is 0 Å². The molecule has 0 aromatic rings. The molecule has 0 bridgehead atoms. The molecule has 0 rings (SSSR count). The van der Waals surface area contributed by atoms with Crippen molar-refractivity contribution >= 4 is 46.5 Å². The molecule has 10 heteroatoms. The van der Waals surface area contributed by atoms with Gasteiger partial charge < -0.3 is 0 Å². The van der Waals surface area contributed by atoms with Crippen molar-refractivity contribution in [1.82, 2.24) is 10.9 Å². The van der Waals surface area contributed by atoms with Gasteiger partial charge >= 0.3 is 0 Å². The van der Waals surface area contributed by atoms with E-state index in [0.29, 0.717) is 0 Å². The molecule has 0 saturated carbocycles. The normalized spacial score (nSPS) is 12.1. The van der Waals surface area contributed by atoms with Crippen molar-refractivity contribution in [3.05, 3.63) is 10.1 Å². The minimum atomic E-state index is -2.14. The Balaban J connectivity index is 4.15. The Kier molecular flexibility index (Phi) is 5.63. The molecule has 0 spiro atoms. The molecule has 0 radical (unpaired) electrons. The summed E-state index contributed by atoms with van der Waals surface area (Å²) in [6.07, 6.45) is 0. The molecule has 0 aliphatic rings. The van der Waals surface area contributed by atoms with Gasteiger partial charge in [0.2, 0.25) is 0 Å². The van der Waals surface area contributed by atoms with E-state index in [1.54, 1.807) is 0 Å². The van der Waals surface area contributed by atoms with Crippen molar-refractivity contribution in [2.45, 2.75) is 3.79 Å². The van der Waals surface area contributed by atoms with Gasteiger partial charge in [0.25, 0.3) is 16.2 Å². The topological polar surface area (TPSA) is 96.6 Å². The van der Waals surface area contributed by atoms with Crippen LogP contribution in [-0.4, -0.2) is 34.1 Å². The Morgan fingerprint density at radius 3 is 2.33 bits per heavy atom. The number of hydrazine groups is 1. The summed E-state index contributed by atoms with van der Waals surface area (Å²) in [5.74, 6) is -1.03. The van der Waals surface area contributed by atoms with Crippen LogP contribution in [0.2, 0.25) is 0 Å². The quantitative estimate of drug-likeness (QED) is 0.249. The van der Waals surface area contributed by atoms with Gasteiger partial charge in [-0.1, -0.05) is 34.8 Å². The van der Waals surface area contributed by atoms with E-state index in [2.05, 4.69) is 10.4 Å². The lowest BCUT2D eigenvalue weighted by Crippen LogP contribution is -2.48. The second kappa shape index (κ2) is 5.94. The molecule has 0 aromatic heterocycles. The Labute approximate surface area is 99.9 Å². The summed E-state index contributed by atoms with van der Waals surface area (Å²) in [7, 11) is 1.31. The third kappa shape index (κ3) is 6.32. The van der Waals surface area contributed by atoms with Crippen LogP contribution in [-0.2, 0) is 4.79 Å². The number of carbonyl (C=O) groups is 1. The predicted molar refractivity (Wildman–Crippen MR) is 56.8 cm³/mol. The van der Waals surface area contributed by atoms with Gasteiger partial charge in [-0.2, -0.15) is 0 Å². The summed E-state index contributed by atoms with van der Waals surface area (Å²) in [5.41, 5.74) is 4.12. The minimum Gasteiger partial charge on any atom is -0.280 e. The number of hydrogen-bond acceptors (Lipinski definition) is 4. The molecule has 0 heterocycles. The lowest BCUT2D eigenvalue weighted by molar-refractivity contribution is -0.463. The van der Waals surface area contributed by atoms with Crippen LogP contribution in [0.5, 0.6) is 0 Å². The van der Waals surface area contributed by atoms with Crippen molar-refractivity contribution in [3.63, 3.8) is 0 Å². The number of carbonyl (C=O) groups excluding carboxylic acids is 1. The Bertz CT molecular complexity index is 288. The van der Waals surface area contributed by atoms with Crippen molar-refractivity contribution in [1.29, 1.82) is 0 Å². The highest BCUT2D eigenvalue weighted by atomic mass is 35.6. The van der Waals surface area contributed by atoms with Gasteiger partial charge in [-0.25, -0.2) is 0 Å². The average molecular weight is 277 g/mol. The number of nitro groups is 1. The first kappa shape index (κ1) is 14.2. The first-order chi connectivity index (χ1) is 6.77. The molecule has 86 valence electrons. The van der Waals surface area contributed by atoms with E-state index in [9.17, 15) is 14.9 Å². The zero-order valence-corrected chi connectivity index (χ0v) is 9.73. The summed E-state index contributed by atoms with van der Waals surface area (Å²) >= 11 is 15.7. The number of aliphatic imine (C=N–C) groups is 1. The summed E-state index contributed by atoms with van der Waals surface area (Å²) in [4.78, 5) is 24.0. The smallest absolute Gasteiger partial charge is 0.280 e. The molecule has 2 N–H and O–H groups in total. The van der Waals surface area contributed by atoms with Crippen molar-refractivity contribution < 1.29 is 9.72 Å². The highest BCUT2D eigenvalue weighted by Crippen LogP contribution is 2.25. The average Bonchev–Trinajstić information content (AvgIpc) is 2.09. The van der Waals surface area contributed by atoms with E-state index in [-0.39, 0.29) is 5.84 Å². The SMILES string of the molecule is CN=C(C[N+](=O)[O-])NNC(=O)C(Cl)(Cl)Cl. The van der Waals surface area contributed by atoms with Crippen LogP contribution in [0.3, 0.4) is 0 Å². The van der Waals surface area contributed by atoms with E-state index in [1.807, 2.05) is 5.43 Å². The number of hydrogen-bond donors (Lipinski definition) is 2. The Hall–Kier alpha value is -0.790. The van der Waals surface area contributed by atoms with E-state index >= 15 is 0 Å². The number of alkyl halides is 3. The summed E-state index contributed by atoms with van der Waals surface area (Å²) in [6, 6.07) is 0. The number of nitrogens with zero attached hydrogens (tertiary/aromatic N) is 2. The second-order valence-corrected chi connectivity index (χ2v) is 4.52. The number of halogens is 3. The molecule has 0 aliphatic carbocycles.